The largest absolute Gasteiger partial charge is 0.340 e. The highest BCUT2D eigenvalue weighted by atomic mass is 32.2. The molecule has 7 nitrogen and oxygen atoms in total. The van der Waals surface area contributed by atoms with Gasteiger partial charge >= 0.3 is 0 Å². The molecule has 3 aromatic rings. The molecule has 1 amide bonds. The number of aryl methyl sites for hydroxylation is 2. The van der Waals surface area contributed by atoms with E-state index in [2.05, 4.69) is 4.98 Å². The number of aromatic nitrogens is 1. The Bertz CT molecular complexity index is 1300. The van der Waals surface area contributed by atoms with Crippen molar-refractivity contribution in [2.24, 2.45) is 0 Å². The third-order valence-corrected chi connectivity index (χ3v) is 8.54. The standard InChI is InChI=1S/C24H24N4O3S2/c1-17-3-7-20(8-4-17)24-22(32-18(2)26-24)15-23(29)27-11-13-28(14-12-27)33(30,31)21-9-5-19(16-25)6-10-21/h3-10H,11-15H2,1-2H3. The minimum Gasteiger partial charge on any atom is -0.340 e. The van der Waals surface area contributed by atoms with Crippen LogP contribution in [0.25, 0.3) is 11.3 Å². The zero-order chi connectivity index (χ0) is 23.6. The van der Waals surface area contributed by atoms with Crippen LogP contribution >= 0.6 is 11.3 Å². The quantitative estimate of drug-likeness (QED) is 0.558. The van der Waals surface area contributed by atoms with E-state index in [-0.39, 0.29) is 30.3 Å². The molecule has 1 saturated heterocycles. The number of amides is 1. The predicted molar refractivity (Wildman–Crippen MR) is 127 cm³/mol. The second-order valence-corrected chi connectivity index (χ2v) is 11.2. The van der Waals surface area contributed by atoms with Crippen LogP contribution in [0.4, 0.5) is 0 Å². The average molecular weight is 481 g/mol. The second kappa shape index (κ2) is 9.43. The van der Waals surface area contributed by atoms with Gasteiger partial charge in [0, 0.05) is 36.6 Å². The summed E-state index contributed by atoms with van der Waals surface area (Å²) in [5.41, 5.74) is 3.41. The number of hydrogen-bond donors (Lipinski definition) is 0. The zero-order valence-corrected chi connectivity index (χ0v) is 20.1. The molecule has 0 bridgehead atoms. The molecular weight excluding hydrogens is 456 g/mol. The first-order chi connectivity index (χ1) is 15.8. The first-order valence-electron chi connectivity index (χ1n) is 10.6. The van der Waals surface area contributed by atoms with E-state index in [1.54, 1.807) is 4.90 Å². The summed E-state index contributed by atoms with van der Waals surface area (Å²) in [6.45, 7) is 5.12. The molecule has 1 aliphatic heterocycles. The Labute approximate surface area is 198 Å². The van der Waals surface area contributed by atoms with E-state index in [0.29, 0.717) is 18.7 Å². The Hall–Kier alpha value is -3.06. The van der Waals surface area contributed by atoms with Gasteiger partial charge in [-0.25, -0.2) is 13.4 Å². The van der Waals surface area contributed by atoms with E-state index in [9.17, 15) is 13.2 Å². The second-order valence-electron chi connectivity index (χ2n) is 7.97. The lowest BCUT2D eigenvalue weighted by atomic mass is 10.1. The molecule has 9 heteroatoms. The van der Waals surface area contributed by atoms with E-state index < -0.39 is 10.0 Å². The van der Waals surface area contributed by atoms with Crippen molar-refractivity contribution in [1.29, 1.82) is 5.26 Å². The fourth-order valence-corrected chi connectivity index (χ4v) is 6.18. The summed E-state index contributed by atoms with van der Waals surface area (Å²) in [7, 11) is -3.66. The first-order valence-corrected chi connectivity index (χ1v) is 12.8. The normalized spacial score (nSPS) is 14.8. The molecule has 4 rings (SSSR count). The van der Waals surface area contributed by atoms with Gasteiger partial charge < -0.3 is 4.90 Å². The SMILES string of the molecule is Cc1ccc(-c2nc(C)sc2CC(=O)N2CCN(S(=O)(=O)c3ccc(C#N)cc3)CC2)cc1. The number of piperazine rings is 1. The van der Waals surface area contributed by atoms with Gasteiger partial charge in [-0.05, 0) is 38.1 Å². The molecule has 0 N–H and O–H groups in total. The molecule has 1 fully saturated rings. The fourth-order valence-electron chi connectivity index (χ4n) is 3.80. The van der Waals surface area contributed by atoms with Crippen LogP contribution in [-0.4, -0.2) is 54.7 Å². The molecule has 1 aliphatic rings. The van der Waals surface area contributed by atoms with Gasteiger partial charge in [-0.15, -0.1) is 11.3 Å². The Morgan fingerprint density at radius 1 is 1.03 bits per heavy atom. The number of nitrogens with zero attached hydrogens (tertiary/aromatic N) is 4. The zero-order valence-electron chi connectivity index (χ0n) is 18.5. The van der Waals surface area contributed by atoms with Gasteiger partial charge in [0.25, 0.3) is 0 Å². The maximum Gasteiger partial charge on any atom is 0.243 e. The van der Waals surface area contributed by atoms with Gasteiger partial charge in [-0.1, -0.05) is 29.8 Å². The molecule has 0 atom stereocenters. The Morgan fingerprint density at radius 2 is 1.67 bits per heavy atom. The van der Waals surface area contributed by atoms with Crippen molar-refractivity contribution in [3.8, 4) is 17.3 Å². The van der Waals surface area contributed by atoms with Crippen LogP contribution in [0.15, 0.2) is 53.4 Å². The Balaban J connectivity index is 1.42. The minimum atomic E-state index is -3.66. The van der Waals surface area contributed by atoms with Crippen LogP contribution in [0.3, 0.4) is 0 Å². The van der Waals surface area contributed by atoms with Gasteiger partial charge in [-0.3, -0.25) is 4.79 Å². The summed E-state index contributed by atoms with van der Waals surface area (Å²) in [4.78, 5) is 20.5. The van der Waals surface area contributed by atoms with E-state index in [1.807, 2.05) is 44.2 Å². The van der Waals surface area contributed by atoms with E-state index in [1.165, 1.54) is 39.9 Å². The monoisotopic (exact) mass is 480 g/mol. The maximum atomic E-state index is 13.0. The summed E-state index contributed by atoms with van der Waals surface area (Å²) in [6, 6.07) is 16.0. The van der Waals surface area contributed by atoms with Crippen LogP contribution in [0.2, 0.25) is 0 Å². The number of sulfonamides is 1. The average Bonchev–Trinajstić information content (AvgIpc) is 3.19. The molecule has 1 aromatic heterocycles. The van der Waals surface area contributed by atoms with E-state index in [4.69, 9.17) is 5.26 Å². The number of carbonyl (C=O) groups is 1. The van der Waals surface area contributed by atoms with E-state index in [0.717, 1.165) is 26.7 Å². The highest BCUT2D eigenvalue weighted by Crippen LogP contribution is 2.29. The minimum absolute atomic E-state index is 0.0255. The smallest absolute Gasteiger partial charge is 0.243 e. The Morgan fingerprint density at radius 3 is 2.27 bits per heavy atom. The molecule has 33 heavy (non-hydrogen) atoms. The maximum absolute atomic E-state index is 13.0. The molecule has 170 valence electrons. The van der Waals surface area contributed by atoms with Crippen molar-refractivity contribution in [3.63, 3.8) is 0 Å². The van der Waals surface area contributed by atoms with Crippen molar-refractivity contribution in [1.82, 2.24) is 14.2 Å². The molecule has 0 radical (unpaired) electrons. The first kappa shape index (κ1) is 23.1. The molecule has 0 aliphatic carbocycles. The number of carbonyl (C=O) groups excluding carboxylic acids is 1. The number of hydrogen-bond acceptors (Lipinski definition) is 6. The summed E-state index contributed by atoms with van der Waals surface area (Å²) < 4.78 is 27.2. The highest BCUT2D eigenvalue weighted by Gasteiger charge is 2.30. The van der Waals surface area contributed by atoms with Gasteiger partial charge in [0.2, 0.25) is 15.9 Å². The number of benzene rings is 2. The number of rotatable bonds is 5. The predicted octanol–water partition coefficient (Wildman–Crippen LogP) is 3.37. The van der Waals surface area contributed by atoms with Crippen LogP contribution in [0, 0.1) is 25.2 Å². The van der Waals surface area contributed by atoms with Gasteiger partial charge in [0.15, 0.2) is 0 Å². The van der Waals surface area contributed by atoms with Gasteiger partial charge in [0.05, 0.1) is 33.7 Å². The van der Waals surface area contributed by atoms with Crippen molar-refractivity contribution in [2.45, 2.75) is 25.2 Å². The third kappa shape index (κ3) is 4.98. The molecule has 0 saturated carbocycles. The van der Waals surface area contributed by atoms with E-state index >= 15 is 0 Å². The lowest BCUT2D eigenvalue weighted by molar-refractivity contribution is -0.131. The van der Waals surface area contributed by atoms with Crippen molar-refractivity contribution >= 4 is 27.3 Å². The highest BCUT2D eigenvalue weighted by molar-refractivity contribution is 7.89. The van der Waals surface area contributed by atoms with Crippen LogP contribution in [-0.2, 0) is 21.2 Å². The van der Waals surface area contributed by atoms with Crippen LogP contribution in [0.1, 0.15) is 21.0 Å². The molecule has 2 aromatic carbocycles. The Kier molecular flexibility index (Phi) is 6.61. The van der Waals surface area contributed by atoms with Gasteiger partial charge in [-0.2, -0.15) is 9.57 Å². The van der Waals surface area contributed by atoms with Crippen LogP contribution < -0.4 is 0 Å². The fraction of sp³-hybridized carbons (Fsp3) is 0.292. The summed E-state index contributed by atoms with van der Waals surface area (Å²) in [5.74, 6) is -0.0255. The molecular formula is C24H24N4O3S2. The number of thiazole rings is 1. The lowest BCUT2D eigenvalue weighted by Gasteiger charge is -2.34. The summed E-state index contributed by atoms with van der Waals surface area (Å²) in [5, 5.41) is 9.82. The lowest BCUT2D eigenvalue weighted by Crippen LogP contribution is -2.50. The summed E-state index contributed by atoms with van der Waals surface area (Å²) in [6.07, 6.45) is 0.247. The summed E-state index contributed by atoms with van der Waals surface area (Å²) >= 11 is 1.52. The van der Waals surface area contributed by atoms with Crippen LogP contribution in [0.5, 0.6) is 0 Å². The molecule has 0 spiro atoms. The molecule has 0 unspecified atom stereocenters. The van der Waals surface area contributed by atoms with Gasteiger partial charge in [0.1, 0.15) is 0 Å². The van der Waals surface area contributed by atoms with Crippen molar-refractivity contribution in [3.05, 3.63) is 69.5 Å². The number of nitriles is 1. The molecule has 2 heterocycles. The third-order valence-electron chi connectivity index (χ3n) is 5.65. The van der Waals surface area contributed by atoms with Crippen molar-refractivity contribution in [2.75, 3.05) is 26.2 Å². The van der Waals surface area contributed by atoms with Crippen molar-refractivity contribution < 1.29 is 13.2 Å². The topological polar surface area (TPSA) is 94.4 Å².